The van der Waals surface area contributed by atoms with Gasteiger partial charge in [-0.05, 0) is 44.1 Å². The molecule has 0 aliphatic carbocycles. The van der Waals surface area contributed by atoms with Crippen LogP contribution in [0, 0.1) is 6.92 Å². The minimum Gasteiger partial charge on any atom is -0.371 e. The van der Waals surface area contributed by atoms with Gasteiger partial charge in [0, 0.05) is 30.6 Å². The van der Waals surface area contributed by atoms with E-state index in [1.807, 2.05) is 0 Å². The summed E-state index contributed by atoms with van der Waals surface area (Å²) in [6, 6.07) is 7.66. The smallest absolute Gasteiger partial charge is 0.0399 e. The van der Waals surface area contributed by atoms with Crippen molar-refractivity contribution in [2.24, 2.45) is 5.73 Å². The Morgan fingerprint density at radius 3 is 2.89 bits per heavy atom. The minimum atomic E-state index is 0.219. The molecule has 0 saturated carbocycles. The van der Waals surface area contributed by atoms with Crippen molar-refractivity contribution in [1.82, 2.24) is 0 Å². The molecule has 2 rings (SSSR count). The Labute approximate surface area is 115 Å². The molecule has 18 heavy (non-hydrogen) atoms. The molecule has 1 aliphatic rings. The molecule has 1 heterocycles. The average Bonchev–Trinajstić information content (AvgIpc) is 2.81. The summed E-state index contributed by atoms with van der Waals surface area (Å²) in [6.45, 7) is 4.23. The van der Waals surface area contributed by atoms with Gasteiger partial charge in [0.15, 0.2) is 0 Å². The van der Waals surface area contributed by atoms with Crippen LogP contribution in [0.3, 0.4) is 0 Å². The third kappa shape index (κ3) is 3.21. The van der Waals surface area contributed by atoms with Crippen molar-refractivity contribution in [2.45, 2.75) is 38.8 Å². The number of anilines is 1. The maximum absolute atomic E-state index is 5.97. The summed E-state index contributed by atoms with van der Waals surface area (Å²) in [7, 11) is 2.23. The molecule has 0 amide bonds. The number of benzene rings is 1. The van der Waals surface area contributed by atoms with Gasteiger partial charge in [0.05, 0.1) is 0 Å². The second kappa shape index (κ2) is 5.98. The molecule has 0 spiro atoms. The van der Waals surface area contributed by atoms with Crippen LogP contribution >= 0.6 is 11.8 Å². The fourth-order valence-electron chi connectivity index (χ4n) is 2.59. The summed E-state index contributed by atoms with van der Waals surface area (Å²) >= 11 is 2.06. The lowest BCUT2D eigenvalue weighted by molar-refractivity contribution is 0.686. The number of rotatable bonds is 4. The first-order valence-electron chi connectivity index (χ1n) is 6.73. The van der Waals surface area contributed by atoms with E-state index in [0.717, 1.165) is 6.42 Å². The fourth-order valence-corrected chi connectivity index (χ4v) is 3.86. The zero-order valence-electron chi connectivity index (χ0n) is 11.6. The number of thioether (sulfide) groups is 1. The molecular weight excluding hydrogens is 240 g/mol. The number of hydrogen-bond acceptors (Lipinski definition) is 3. The standard InChI is InChI=1S/C15H24N2S/c1-11-4-5-15(13(8-11)9-12(2)16)17(3)14-6-7-18-10-14/h4-5,8,12,14H,6-7,9-10,16H2,1-3H3. The molecule has 3 heteroatoms. The Bertz CT molecular complexity index is 397. The van der Waals surface area contributed by atoms with Gasteiger partial charge in [0.2, 0.25) is 0 Å². The lowest BCUT2D eigenvalue weighted by atomic mass is 10.0. The van der Waals surface area contributed by atoms with E-state index in [-0.39, 0.29) is 6.04 Å². The summed E-state index contributed by atoms with van der Waals surface area (Å²) in [5, 5.41) is 0. The second-order valence-electron chi connectivity index (χ2n) is 5.44. The third-order valence-corrected chi connectivity index (χ3v) is 4.76. The van der Waals surface area contributed by atoms with E-state index >= 15 is 0 Å². The third-order valence-electron chi connectivity index (χ3n) is 3.61. The highest BCUT2D eigenvalue weighted by Gasteiger charge is 2.22. The Balaban J connectivity index is 2.24. The van der Waals surface area contributed by atoms with Gasteiger partial charge >= 0.3 is 0 Å². The van der Waals surface area contributed by atoms with Crippen LogP contribution < -0.4 is 10.6 Å². The van der Waals surface area contributed by atoms with Crippen LogP contribution in [0.4, 0.5) is 5.69 Å². The zero-order chi connectivity index (χ0) is 13.1. The molecule has 1 fully saturated rings. The lowest BCUT2D eigenvalue weighted by Gasteiger charge is -2.29. The van der Waals surface area contributed by atoms with Gasteiger partial charge in [-0.15, -0.1) is 0 Å². The van der Waals surface area contributed by atoms with E-state index in [4.69, 9.17) is 5.73 Å². The van der Waals surface area contributed by atoms with Crippen molar-refractivity contribution >= 4 is 17.4 Å². The normalized spacial score (nSPS) is 21.0. The summed E-state index contributed by atoms with van der Waals surface area (Å²) < 4.78 is 0. The van der Waals surface area contributed by atoms with Crippen LogP contribution in [-0.4, -0.2) is 30.6 Å². The summed E-state index contributed by atoms with van der Waals surface area (Å²) in [5.74, 6) is 2.55. The summed E-state index contributed by atoms with van der Waals surface area (Å²) in [4.78, 5) is 2.46. The number of aryl methyl sites for hydroxylation is 1. The molecule has 1 aromatic rings. The molecule has 2 N–H and O–H groups in total. The van der Waals surface area contributed by atoms with Gasteiger partial charge in [0.25, 0.3) is 0 Å². The van der Waals surface area contributed by atoms with Crippen LogP contribution in [0.25, 0.3) is 0 Å². The van der Waals surface area contributed by atoms with Gasteiger partial charge in [-0.25, -0.2) is 0 Å². The molecule has 1 aliphatic heterocycles. The topological polar surface area (TPSA) is 29.3 Å². The molecule has 100 valence electrons. The number of nitrogens with two attached hydrogens (primary N) is 1. The number of nitrogens with zero attached hydrogens (tertiary/aromatic N) is 1. The second-order valence-corrected chi connectivity index (χ2v) is 6.59. The summed E-state index contributed by atoms with van der Waals surface area (Å²) in [5.41, 5.74) is 10.1. The molecule has 1 aromatic carbocycles. The van der Waals surface area contributed by atoms with Crippen molar-refractivity contribution in [3.05, 3.63) is 29.3 Å². The van der Waals surface area contributed by atoms with E-state index in [9.17, 15) is 0 Å². The SMILES string of the molecule is Cc1ccc(N(C)C2CCSC2)c(CC(C)N)c1. The maximum atomic E-state index is 5.97. The highest BCUT2D eigenvalue weighted by molar-refractivity contribution is 7.99. The highest BCUT2D eigenvalue weighted by Crippen LogP contribution is 2.29. The first-order valence-corrected chi connectivity index (χ1v) is 7.89. The van der Waals surface area contributed by atoms with E-state index in [1.54, 1.807) is 0 Å². The first-order chi connectivity index (χ1) is 8.58. The minimum absolute atomic E-state index is 0.219. The van der Waals surface area contributed by atoms with Crippen molar-refractivity contribution in [1.29, 1.82) is 0 Å². The predicted molar refractivity (Wildman–Crippen MR) is 82.7 cm³/mol. The maximum Gasteiger partial charge on any atom is 0.0399 e. The molecule has 1 saturated heterocycles. The largest absolute Gasteiger partial charge is 0.371 e. The molecule has 0 radical (unpaired) electrons. The molecule has 0 bridgehead atoms. The van der Waals surface area contributed by atoms with Crippen LogP contribution in [0.15, 0.2) is 18.2 Å². The fraction of sp³-hybridized carbons (Fsp3) is 0.600. The van der Waals surface area contributed by atoms with Gasteiger partial charge in [-0.1, -0.05) is 17.7 Å². The van der Waals surface area contributed by atoms with Crippen LogP contribution in [0.5, 0.6) is 0 Å². The Morgan fingerprint density at radius 1 is 1.50 bits per heavy atom. The Morgan fingerprint density at radius 2 is 2.28 bits per heavy atom. The highest BCUT2D eigenvalue weighted by atomic mass is 32.2. The average molecular weight is 264 g/mol. The monoisotopic (exact) mass is 264 g/mol. The predicted octanol–water partition coefficient (Wildman–Crippen LogP) is 2.83. The Kier molecular flexibility index (Phi) is 4.57. The Hall–Kier alpha value is -0.670. The first kappa shape index (κ1) is 13.8. The zero-order valence-corrected chi connectivity index (χ0v) is 12.5. The van der Waals surface area contributed by atoms with Crippen LogP contribution in [0.2, 0.25) is 0 Å². The molecule has 2 unspecified atom stereocenters. The van der Waals surface area contributed by atoms with Gasteiger partial charge in [-0.2, -0.15) is 11.8 Å². The van der Waals surface area contributed by atoms with Crippen molar-refractivity contribution < 1.29 is 0 Å². The van der Waals surface area contributed by atoms with E-state index < -0.39 is 0 Å². The van der Waals surface area contributed by atoms with E-state index in [1.165, 1.54) is 34.7 Å². The van der Waals surface area contributed by atoms with Gasteiger partial charge < -0.3 is 10.6 Å². The van der Waals surface area contributed by atoms with Crippen molar-refractivity contribution in [2.75, 3.05) is 23.5 Å². The van der Waals surface area contributed by atoms with Crippen molar-refractivity contribution in [3.63, 3.8) is 0 Å². The number of hydrogen-bond donors (Lipinski definition) is 1. The van der Waals surface area contributed by atoms with E-state index in [2.05, 4.69) is 55.8 Å². The summed E-state index contributed by atoms with van der Waals surface area (Å²) in [6.07, 6.45) is 2.26. The molecule has 2 nitrogen and oxygen atoms in total. The van der Waals surface area contributed by atoms with Crippen LogP contribution in [0.1, 0.15) is 24.5 Å². The molecule has 0 aromatic heterocycles. The molecular formula is C15H24N2S. The van der Waals surface area contributed by atoms with Crippen LogP contribution in [-0.2, 0) is 6.42 Å². The molecule has 2 atom stereocenters. The quantitative estimate of drug-likeness (QED) is 0.907. The van der Waals surface area contributed by atoms with Gasteiger partial charge in [0.1, 0.15) is 0 Å². The van der Waals surface area contributed by atoms with Gasteiger partial charge in [-0.3, -0.25) is 0 Å². The van der Waals surface area contributed by atoms with E-state index in [0.29, 0.717) is 6.04 Å². The lowest BCUT2D eigenvalue weighted by Crippen LogP contribution is -2.32. The van der Waals surface area contributed by atoms with Crippen molar-refractivity contribution in [3.8, 4) is 0 Å².